The Labute approximate surface area is 158 Å². The lowest BCUT2D eigenvalue weighted by Crippen LogP contribution is -2.50. The van der Waals surface area contributed by atoms with Crippen molar-refractivity contribution in [2.75, 3.05) is 31.5 Å². The maximum atomic E-state index is 12.7. The predicted octanol–water partition coefficient (Wildman–Crippen LogP) is 2.19. The van der Waals surface area contributed by atoms with Gasteiger partial charge in [0.2, 0.25) is 5.91 Å². The maximum Gasteiger partial charge on any atom is 0.255 e. The number of nitrogens with zero attached hydrogens (tertiary/aromatic N) is 2. The van der Waals surface area contributed by atoms with Crippen LogP contribution in [-0.4, -0.2) is 58.7 Å². The van der Waals surface area contributed by atoms with Crippen LogP contribution in [0, 0.1) is 13.8 Å². The molecule has 1 aliphatic heterocycles. The van der Waals surface area contributed by atoms with Crippen molar-refractivity contribution < 1.29 is 14.4 Å². The van der Waals surface area contributed by atoms with Crippen LogP contribution in [0.15, 0.2) is 30.3 Å². The Kier molecular flexibility index (Phi) is 5.30. The van der Waals surface area contributed by atoms with Crippen molar-refractivity contribution in [2.45, 2.75) is 20.8 Å². The van der Waals surface area contributed by atoms with Gasteiger partial charge < -0.3 is 20.1 Å². The number of H-pyrrole nitrogens is 1. The lowest BCUT2D eigenvalue weighted by molar-refractivity contribution is -0.114. The van der Waals surface area contributed by atoms with Crippen molar-refractivity contribution >= 4 is 23.4 Å². The first kappa shape index (κ1) is 18.7. The number of carbonyl (C=O) groups is 3. The van der Waals surface area contributed by atoms with E-state index < -0.39 is 0 Å². The van der Waals surface area contributed by atoms with E-state index in [1.54, 1.807) is 34.1 Å². The van der Waals surface area contributed by atoms with Crippen molar-refractivity contribution in [3.8, 4) is 0 Å². The molecule has 1 aromatic carbocycles. The van der Waals surface area contributed by atoms with E-state index in [1.807, 2.05) is 19.9 Å². The molecule has 1 aromatic heterocycles. The lowest BCUT2D eigenvalue weighted by Gasteiger charge is -2.34. The highest BCUT2D eigenvalue weighted by Crippen LogP contribution is 2.16. The number of aromatic nitrogens is 1. The number of nitrogens with one attached hydrogen (secondary N) is 2. The number of amides is 3. The summed E-state index contributed by atoms with van der Waals surface area (Å²) in [5.74, 6) is -0.212. The third-order valence-electron chi connectivity index (χ3n) is 4.69. The van der Waals surface area contributed by atoms with Gasteiger partial charge in [0.1, 0.15) is 0 Å². The normalized spacial score (nSPS) is 14.2. The first-order valence-electron chi connectivity index (χ1n) is 8.97. The molecule has 0 unspecified atom stereocenters. The molecule has 3 amide bonds. The third-order valence-corrected chi connectivity index (χ3v) is 4.69. The molecule has 27 heavy (non-hydrogen) atoms. The zero-order valence-electron chi connectivity index (χ0n) is 15.8. The number of rotatable bonds is 3. The van der Waals surface area contributed by atoms with Crippen LogP contribution in [0.25, 0.3) is 0 Å². The Bertz CT molecular complexity index is 862. The van der Waals surface area contributed by atoms with Gasteiger partial charge in [-0.1, -0.05) is 0 Å². The smallest absolute Gasteiger partial charge is 0.255 e. The fourth-order valence-corrected chi connectivity index (χ4v) is 3.31. The Balaban J connectivity index is 1.60. The number of anilines is 1. The highest BCUT2D eigenvalue weighted by molar-refractivity contribution is 5.97. The van der Waals surface area contributed by atoms with Crippen molar-refractivity contribution in [3.63, 3.8) is 0 Å². The molecule has 0 aliphatic carbocycles. The van der Waals surface area contributed by atoms with Crippen LogP contribution < -0.4 is 5.32 Å². The Morgan fingerprint density at radius 1 is 0.926 bits per heavy atom. The highest BCUT2D eigenvalue weighted by atomic mass is 16.2. The highest BCUT2D eigenvalue weighted by Gasteiger charge is 2.26. The molecule has 2 N–H and O–H groups in total. The number of benzene rings is 1. The van der Waals surface area contributed by atoms with Crippen molar-refractivity contribution in [2.24, 2.45) is 0 Å². The average molecular weight is 368 g/mol. The van der Waals surface area contributed by atoms with Gasteiger partial charge in [-0.05, 0) is 44.2 Å². The van der Waals surface area contributed by atoms with Crippen molar-refractivity contribution in [3.05, 3.63) is 52.8 Å². The average Bonchev–Trinajstić information content (AvgIpc) is 2.99. The monoisotopic (exact) mass is 368 g/mol. The molecule has 7 heteroatoms. The zero-order valence-corrected chi connectivity index (χ0v) is 15.8. The first-order valence-corrected chi connectivity index (χ1v) is 8.97. The van der Waals surface area contributed by atoms with Crippen LogP contribution in [0.3, 0.4) is 0 Å². The fourth-order valence-electron chi connectivity index (χ4n) is 3.31. The largest absolute Gasteiger partial charge is 0.362 e. The van der Waals surface area contributed by atoms with E-state index in [2.05, 4.69) is 10.3 Å². The molecular weight excluding hydrogens is 344 g/mol. The van der Waals surface area contributed by atoms with E-state index in [0.29, 0.717) is 43.0 Å². The fraction of sp³-hybridized carbons (Fsp3) is 0.350. The summed E-state index contributed by atoms with van der Waals surface area (Å²) in [4.78, 5) is 43.1. The number of hydrogen-bond acceptors (Lipinski definition) is 3. The van der Waals surface area contributed by atoms with E-state index in [1.165, 1.54) is 6.92 Å². The van der Waals surface area contributed by atoms with Gasteiger partial charge in [0.15, 0.2) is 0 Å². The molecule has 0 atom stereocenters. The predicted molar refractivity (Wildman–Crippen MR) is 103 cm³/mol. The van der Waals surface area contributed by atoms with Crippen molar-refractivity contribution in [1.29, 1.82) is 0 Å². The van der Waals surface area contributed by atoms with Gasteiger partial charge in [0.05, 0.1) is 5.56 Å². The second kappa shape index (κ2) is 7.65. The summed E-state index contributed by atoms with van der Waals surface area (Å²) < 4.78 is 0. The van der Waals surface area contributed by atoms with Gasteiger partial charge in [-0.15, -0.1) is 0 Å². The molecule has 1 saturated heterocycles. The van der Waals surface area contributed by atoms with Crippen LogP contribution in [0.1, 0.15) is 39.0 Å². The minimum absolute atomic E-state index is 0.00334. The molecule has 0 radical (unpaired) electrons. The molecule has 0 spiro atoms. The summed E-state index contributed by atoms with van der Waals surface area (Å²) in [6.07, 6.45) is 0. The standard InChI is InChI=1S/C20H24N4O3/c1-13-12-18(14(2)21-13)20(27)24-10-8-23(9-11-24)19(26)16-4-6-17(7-5-16)22-15(3)25/h4-7,12,21H,8-11H2,1-3H3,(H,22,25). The van der Waals surface area contributed by atoms with E-state index in [-0.39, 0.29) is 17.7 Å². The number of aryl methyl sites for hydroxylation is 2. The topological polar surface area (TPSA) is 85.5 Å². The molecule has 1 aliphatic rings. The van der Waals surface area contributed by atoms with Crippen LogP contribution >= 0.6 is 0 Å². The molecule has 7 nitrogen and oxygen atoms in total. The van der Waals surface area contributed by atoms with Gasteiger partial charge in [-0.2, -0.15) is 0 Å². The van der Waals surface area contributed by atoms with Gasteiger partial charge in [-0.25, -0.2) is 0 Å². The Hall–Kier alpha value is -3.09. The second-order valence-electron chi connectivity index (χ2n) is 6.83. The molecule has 2 aromatic rings. The Morgan fingerprint density at radius 2 is 1.48 bits per heavy atom. The molecule has 0 bridgehead atoms. The van der Waals surface area contributed by atoms with Crippen LogP contribution in [0.2, 0.25) is 0 Å². The number of carbonyl (C=O) groups excluding carboxylic acids is 3. The van der Waals surface area contributed by atoms with E-state index in [0.717, 1.165) is 11.4 Å². The van der Waals surface area contributed by atoms with Crippen molar-refractivity contribution in [1.82, 2.24) is 14.8 Å². The number of piperazine rings is 1. The molecule has 1 fully saturated rings. The number of hydrogen-bond donors (Lipinski definition) is 2. The van der Waals surface area contributed by atoms with Crippen LogP contribution in [-0.2, 0) is 4.79 Å². The van der Waals surface area contributed by atoms with E-state index >= 15 is 0 Å². The molecular formula is C20H24N4O3. The second-order valence-corrected chi connectivity index (χ2v) is 6.83. The number of aromatic amines is 1. The molecule has 2 heterocycles. The summed E-state index contributed by atoms with van der Waals surface area (Å²) >= 11 is 0. The third kappa shape index (κ3) is 4.19. The minimum atomic E-state index is -0.150. The van der Waals surface area contributed by atoms with Crippen LogP contribution in [0.5, 0.6) is 0 Å². The summed E-state index contributed by atoms with van der Waals surface area (Å²) in [7, 11) is 0. The summed E-state index contributed by atoms with van der Waals surface area (Å²) in [6.45, 7) is 7.29. The quantitative estimate of drug-likeness (QED) is 0.871. The zero-order chi connectivity index (χ0) is 19.6. The van der Waals surface area contributed by atoms with E-state index in [4.69, 9.17) is 0 Å². The van der Waals surface area contributed by atoms with Crippen LogP contribution in [0.4, 0.5) is 5.69 Å². The summed E-state index contributed by atoms with van der Waals surface area (Å²) in [5.41, 5.74) is 3.76. The Morgan fingerprint density at radius 3 is 1.96 bits per heavy atom. The molecule has 142 valence electrons. The molecule has 0 saturated carbocycles. The van der Waals surface area contributed by atoms with E-state index in [9.17, 15) is 14.4 Å². The summed E-state index contributed by atoms with van der Waals surface area (Å²) in [5, 5.41) is 2.68. The first-order chi connectivity index (χ1) is 12.8. The maximum absolute atomic E-state index is 12.7. The van der Waals surface area contributed by atoms with Gasteiger partial charge in [-0.3, -0.25) is 14.4 Å². The molecule has 3 rings (SSSR count). The summed E-state index contributed by atoms with van der Waals surface area (Å²) in [6, 6.07) is 8.71. The SMILES string of the molecule is CC(=O)Nc1ccc(C(=O)N2CCN(C(=O)c3cc(C)[nH]c3C)CC2)cc1. The van der Waals surface area contributed by atoms with Gasteiger partial charge in [0.25, 0.3) is 11.8 Å². The minimum Gasteiger partial charge on any atom is -0.362 e. The van der Waals surface area contributed by atoms with Gasteiger partial charge >= 0.3 is 0 Å². The van der Waals surface area contributed by atoms with Gasteiger partial charge in [0, 0.05) is 55.7 Å². The lowest BCUT2D eigenvalue weighted by atomic mass is 10.1.